The highest BCUT2D eigenvalue weighted by Gasteiger charge is 2.14. The third-order valence-corrected chi connectivity index (χ3v) is 6.60. The lowest BCUT2D eigenvalue weighted by Gasteiger charge is -2.16. The van der Waals surface area contributed by atoms with Gasteiger partial charge in [0.15, 0.2) is 0 Å². The van der Waals surface area contributed by atoms with Crippen LogP contribution in [0.5, 0.6) is 5.75 Å². The molecule has 0 saturated heterocycles. The van der Waals surface area contributed by atoms with E-state index in [4.69, 9.17) is 16.3 Å². The first kappa shape index (κ1) is 27.8. The maximum absolute atomic E-state index is 12.6. The molecule has 9 heteroatoms. The first-order chi connectivity index (χ1) is 18.7. The molecule has 0 saturated carbocycles. The number of halogens is 1. The minimum absolute atomic E-state index is 0.0542. The molecular weight excluding hydrogens is 512 g/mol. The number of hydrogen-bond acceptors (Lipinski definition) is 7. The molecule has 8 nitrogen and oxygen atoms in total. The molecule has 4 rings (SSSR count). The number of pyridine rings is 2. The molecule has 0 spiro atoms. The monoisotopic (exact) mass is 542 g/mol. The van der Waals surface area contributed by atoms with E-state index in [0.29, 0.717) is 57.3 Å². The van der Waals surface area contributed by atoms with Gasteiger partial charge >= 0.3 is 0 Å². The zero-order valence-corrected chi connectivity index (χ0v) is 23.3. The van der Waals surface area contributed by atoms with Gasteiger partial charge in [-0.3, -0.25) is 14.8 Å². The Labute approximate surface area is 233 Å². The van der Waals surface area contributed by atoms with E-state index in [0.717, 1.165) is 29.8 Å². The minimum Gasteiger partial charge on any atom is -0.486 e. The number of ether oxygens (including phenoxy) is 1. The van der Waals surface area contributed by atoms with Crippen LogP contribution < -0.4 is 15.4 Å². The first-order valence-electron chi connectivity index (χ1n) is 12.6. The van der Waals surface area contributed by atoms with E-state index in [2.05, 4.69) is 26.7 Å². The van der Waals surface area contributed by atoms with Crippen molar-refractivity contribution < 1.29 is 9.53 Å². The van der Waals surface area contributed by atoms with Crippen LogP contribution in [0.4, 0.5) is 17.1 Å². The molecule has 0 bridgehead atoms. The van der Waals surface area contributed by atoms with Crippen LogP contribution in [0.2, 0.25) is 5.02 Å². The van der Waals surface area contributed by atoms with Crippen molar-refractivity contribution in [1.82, 2.24) is 14.9 Å². The van der Waals surface area contributed by atoms with Gasteiger partial charge in [0, 0.05) is 35.6 Å². The third-order valence-electron chi connectivity index (χ3n) is 6.30. The summed E-state index contributed by atoms with van der Waals surface area (Å²) in [6, 6.07) is 15.2. The molecule has 2 heterocycles. The number of aryl methyl sites for hydroxylation is 2. The average molecular weight is 543 g/mol. The van der Waals surface area contributed by atoms with Gasteiger partial charge in [-0.1, -0.05) is 17.7 Å². The second kappa shape index (κ2) is 12.6. The maximum atomic E-state index is 12.6. The summed E-state index contributed by atoms with van der Waals surface area (Å²) >= 11 is 6.54. The van der Waals surface area contributed by atoms with Crippen LogP contribution in [0.25, 0.3) is 10.9 Å². The van der Waals surface area contributed by atoms with Crippen molar-refractivity contribution >= 4 is 45.5 Å². The SMILES string of the molecule is Cc1cc2ncc(C#N)c(Nc3ccc(OCc4ncccc4C)c(Cl)c3)c2cc1NC(=O)CCCN(C)C. The minimum atomic E-state index is -0.0542. The Balaban J connectivity index is 1.58. The van der Waals surface area contributed by atoms with Crippen LogP contribution in [0, 0.1) is 25.2 Å². The fourth-order valence-corrected chi connectivity index (χ4v) is 4.36. The number of rotatable bonds is 10. The number of carbonyl (C=O) groups is 1. The molecule has 0 aliphatic carbocycles. The molecule has 0 unspecified atom stereocenters. The number of amides is 1. The summed E-state index contributed by atoms with van der Waals surface area (Å²) in [6.45, 7) is 5.04. The Morgan fingerprint density at radius 3 is 2.67 bits per heavy atom. The number of fused-ring (bicyclic) bond motifs is 1. The standard InChI is InChI=1S/C30H31ClN6O2/c1-19-7-5-11-33-27(19)18-39-28-10-9-22(14-24(28)31)35-30-21(16-32)17-34-26-13-20(2)25(15-23(26)30)36-29(38)8-6-12-37(3)4/h5,7,9-11,13-15,17H,6,8,12,18H2,1-4H3,(H,34,35)(H,36,38). The van der Waals surface area contributed by atoms with E-state index in [-0.39, 0.29) is 5.91 Å². The van der Waals surface area contributed by atoms with Gasteiger partial charge in [0.1, 0.15) is 18.4 Å². The number of nitriles is 1. The van der Waals surface area contributed by atoms with E-state index in [1.165, 1.54) is 6.20 Å². The van der Waals surface area contributed by atoms with Gasteiger partial charge in [-0.15, -0.1) is 0 Å². The van der Waals surface area contributed by atoms with Crippen LogP contribution in [0.3, 0.4) is 0 Å². The normalized spacial score (nSPS) is 10.9. The van der Waals surface area contributed by atoms with Gasteiger partial charge in [-0.05, 0) is 88.4 Å². The molecule has 0 aliphatic rings. The van der Waals surface area contributed by atoms with E-state index in [1.807, 2.05) is 63.2 Å². The van der Waals surface area contributed by atoms with Gasteiger partial charge in [0.2, 0.25) is 5.91 Å². The Kier molecular flexibility index (Phi) is 8.97. The Hall–Kier alpha value is -4.19. The topological polar surface area (TPSA) is 103 Å². The third kappa shape index (κ3) is 7.02. The van der Waals surface area contributed by atoms with E-state index in [9.17, 15) is 10.1 Å². The summed E-state index contributed by atoms with van der Waals surface area (Å²) < 4.78 is 5.90. The zero-order chi connectivity index (χ0) is 27.9. The molecule has 0 fully saturated rings. The van der Waals surface area contributed by atoms with Gasteiger partial charge in [0.25, 0.3) is 0 Å². The summed E-state index contributed by atoms with van der Waals surface area (Å²) in [5.74, 6) is 0.476. The predicted octanol–water partition coefficient (Wildman–Crippen LogP) is 6.37. The lowest BCUT2D eigenvalue weighted by atomic mass is 10.0. The average Bonchev–Trinajstić information content (AvgIpc) is 2.89. The van der Waals surface area contributed by atoms with Crippen LogP contribution in [-0.4, -0.2) is 41.4 Å². The summed E-state index contributed by atoms with van der Waals surface area (Å²) in [4.78, 5) is 23.4. The summed E-state index contributed by atoms with van der Waals surface area (Å²) in [7, 11) is 3.97. The molecule has 2 N–H and O–H groups in total. The zero-order valence-electron chi connectivity index (χ0n) is 22.5. The second-order valence-electron chi connectivity index (χ2n) is 9.62. The number of benzene rings is 2. The van der Waals surface area contributed by atoms with Crippen molar-refractivity contribution in [3.05, 3.63) is 82.3 Å². The van der Waals surface area contributed by atoms with E-state index in [1.54, 1.807) is 18.3 Å². The molecule has 0 aliphatic heterocycles. The lowest BCUT2D eigenvalue weighted by molar-refractivity contribution is -0.116. The number of nitrogens with zero attached hydrogens (tertiary/aromatic N) is 4. The smallest absolute Gasteiger partial charge is 0.224 e. The molecule has 200 valence electrons. The highest BCUT2D eigenvalue weighted by atomic mass is 35.5. The van der Waals surface area contributed by atoms with Crippen molar-refractivity contribution in [2.75, 3.05) is 31.3 Å². The fourth-order valence-electron chi connectivity index (χ4n) is 4.12. The van der Waals surface area contributed by atoms with Crippen LogP contribution in [-0.2, 0) is 11.4 Å². The van der Waals surface area contributed by atoms with Crippen molar-refractivity contribution in [2.24, 2.45) is 0 Å². The Morgan fingerprint density at radius 2 is 1.95 bits per heavy atom. The largest absolute Gasteiger partial charge is 0.486 e. The van der Waals surface area contributed by atoms with Crippen LogP contribution >= 0.6 is 11.6 Å². The Morgan fingerprint density at radius 1 is 1.13 bits per heavy atom. The predicted molar refractivity (Wildman–Crippen MR) is 156 cm³/mol. The summed E-state index contributed by atoms with van der Waals surface area (Å²) in [5.41, 5.74) is 5.80. The molecule has 2 aromatic carbocycles. The van der Waals surface area contributed by atoms with Crippen molar-refractivity contribution in [1.29, 1.82) is 5.26 Å². The van der Waals surface area contributed by atoms with Gasteiger partial charge in [-0.2, -0.15) is 5.26 Å². The lowest BCUT2D eigenvalue weighted by Crippen LogP contribution is -2.17. The Bertz CT molecular complexity index is 1550. The number of carbonyl (C=O) groups excluding carboxylic acids is 1. The van der Waals surface area contributed by atoms with Crippen molar-refractivity contribution in [3.8, 4) is 11.8 Å². The number of hydrogen-bond donors (Lipinski definition) is 2. The molecule has 2 aromatic heterocycles. The van der Waals surface area contributed by atoms with Gasteiger partial charge in [-0.25, -0.2) is 0 Å². The van der Waals surface area contributed by atoms with Crippen molar-refractivity contribution in [3.63, 3.8) is 0 Å². The van der Waals surface area contributed by atoms with Gasteiger partial charge < -0.3 is 20.3 Å². The quantitative estimate of drug-likeness (QED) is 0.240. The number of nitrogens with one attached hydrogen (secondary N) is 2. The first-order valence-corrected chi connectivity index (χ1v) is 13.0. The molecule has 0 atom stereocenters. The summed E-state index contributed by atoms with van der Waals surface area (Å²) in [5, 5.41) is 17.3. The fraction of sp³-hybridized carbons (Fsp3) is 0.267. The van der Waals surface area contributed by atoms with Crippen LogP contribution in [0.1, 0.15) is 35.2 Å². The van der Waals surface area contributed by atoms with Crippen molar-refractivity contribution in [2.45, 2.75) is 33.3 Å². The molecule has 39 heavy (non-hydrogen) atoms. The highest BCUT2D eigenvalue weighted by Crippen LogP contribution is 2.35. The highest BCUT2D eigenvalue weighted by molar-refractivity contribution is 6.32. The van der Waals surface area contributed by atoms with E-state index >= 15 is 0 Å². The second-order valence-corrected chi connectivity index (χ2v) is 10.0. The molecule has 4 aromatic rings. The molecule has 0 radical (unpaired) electrons. The van der Waals surface area contributed by atoms with E-state index < -0.39 is 0 Å². The van der Waals surface area contributed by atoms with Crippen LogP contribution in [0.15, 0.2) is 54.9 Å². The summed E-state index contributed by atoms with van der Waals surface area (Å²) in [6.07, 6.45) is 4.46. The number of anilines is 3. The molecular formula is C30H31ClN6O2. The van der Waals surface area contributed by atoms with Gasteiger partial charge in [0.05, 0.1) is 27.5 Å². The molecule has 1 amide bonds. The maximum Gasteiger partial charge on any atom is 0.224 e. The number of aromatic nitrogens is 2.